The van der Waals surface area contributed by atoms with E-state index in [1.54, 1.807) is 19.4 Å². The molecule has 1 saturated heterocycles. The quantitative estimate of drug-likeness (QED) is 0.594. The Kier molecular flexibility index (Phi) is 3.33. The van der Waals surface area contributed by atoms with E-state index in [0.29, 0.717) is 16.9 Å². The molecule has 1 aromatic heterocycles. The Labute approximate surface area is 114 Å². The topological polar surface area (TPSA) is 40.6 Å². The highest BCUT2D eigenvalue weighted by molar-refractivity contribution is 6.61. The third kappa shape index (κ3) is 2.34. The summed E-state index contributed by atoms with van der Waals surface area (Å²) in [5.41, 5.74) is 0.514. The Morgan fingerprint density at radius 2 is 1.84 bits per heavy atom. The second kappa shape index (κ2) is 4.55. The lowest BCUT2D eigenvalue weighted by Crippen LogP contribution is -2.41. The van der Waals surface area contributed by atoms with Crippen LogP contribution in [-0.4, -0.2) is 30.4 Å². The van der Waals surface area contributed by atoms with Crippen LogP contribution in [0.4, 0.5) is 0 Å². The van der Waals surface area contributed by atoms with Gasteiger partial charge >= 0.3 is 7.12 Å². The van der Waals surface area contributed by atoms with Crippen LogP contribution in [0.1, 0.15) is 33.3 Å². The molecule has 0 aliphatic carbocycles. The van der Waals surface area contributed by atoms with E-state index in [1.165, 1.54) is 0 Å². The summed E-state index contributed by atoms with van der Waals surface area (Å²) >= 11 is 0. The maximum Gasteiger partial charge on any atom is 0.514 e. The van der Waals surface area contributed by atoms with Crippen molar-refractivity contribution in [1.82, 2.24) is 4.98 Å². The third-order valence-electron chi connectivity index (χ3n) is 3.76. The Morgan fingerprint density at radius 3 is 2.32 bits per heavy atom. The molecule has 0 atom stereocenters. The lowest BCUT2D eigenvalue weighted by Gasteiger charge is -2.32. The number of rotatable bonds is 2. The van der Waals surface area contributed by atoms with Gasteiger partial charge in [-0.2, -0.15) is 0 Å². The molecule has 2 rings (SSSR count). The van der Waals surface area contributed by atoms with Gasteiger partial charge in [0, 0.05) is 0 Å². The number of nitrogens with zero attached hydrogens (tertiary/aromatic N) is 1. The van der Waals surface area contributed by atoms with E-state index in [9.17, 15) is 0 Å². The summed E-state index contributed by atoms with van der Waals surface area (Å²) in [4.78, 5) is 4.30. The molecular weight excluding hydrogens is 241 g/mol. The lowest BCUT2D eigenvalue weighted by molar-refractivity contribution is 0.00578. The molecule has 0 bridgehead atoms. The third-order valence-corrected chi connectivity index (χ3v) is 3.76. The Morgan fingerprint density at radius 1 is 1.26 bits per heavy atom. The first-order chi connectivity index (χ1) is 8.80. The van der Waals surface area contributed by atoms with Gasteiger partial charge in [-0.3, -0.25) is 4.98 Å². The van der Waals surface area contributed by atoms with Gasteiger partial charge in [0.2, 0.25) is 0 Å². The molecule has 0 aromatic carbocycles. The van der Waals surface area contributed by atoms with Crippen LogP contribution < -0.4 is 10.3 Å². The smallest absolute Gasteiger partial charge is 0.494 e. The predicted molar refractivity (Wildman–Crippen MR) is 74.4 cm³/mol. The van der Waals surface area contributed by atoms with Crippen LogP contribution in [-0.2, 0) is 9.31 Å². The Balaban J connectivity index is 2.33. The van der Waals surface area contributed by atoms with Crippen LogP contribution in [0.5, 0.6) is 5.75 Å². The molecule has 0 saturated carbocycles. The van der Waals surface area contributed by atoms with Crippen molar-refractivity contribution < 1.29 is 14.0 Å². The molecule has 1 aromatic rings. The maximum atomic E-state index is 5.93. The monoisotopic (exact) mass is 259 g/mol. The molecule has 19 heavy (non-hydrogen) atoms. The minimum Gasteiger partial charge on any atom is -0.494 e. The van der Waals surface area contributed by atoms with E-state index in [1.807, 2.05) is 27.7 Å². The molecule has 2 heterocycles. The summed E-state index contributed by atoms with van der Waals surface area (Å²) in [7, 11) is 1.05. The van der Waals surface area contributed by atoms with Crippen LogP contribution in [0.2, 0.25) is 0 Å². The van der Waals surface area contributed by atoms with E-state index in [4.69, 9.17) is 20.5 Å². The second-order valence-corrected chi connectivity index (χ2v) is 5.54. The van der Waals surface area contributed by atoms with Gasteiger partial charge in [0.1, 0.15) is 0 Å². The number of terminal acetylenes is 1. The highest BCUT2D eigenvalue weighted by atomic mass is 16.7. The van der Waals surface area contributed by atoms with Gasteiger partial charge in [0.05, 0.1) is 35.7 Å². The average Bonchev–Trinajstić information content (AvgIpc) is 2.57. The number of hydrogen-bond donors (Lipinski definition) is 0. The van der Waals surface area contributed by atoms with Crippen LogP contribution in [0.15, 0.2) is 12.3 Å². The number of ether oxygens (including phenoxy) is 1. The predicted octanol–water partition coefficient (Wildman–Crippen LogP) is 1.37. The van der Waals surface area contributed by atoms with Crippen LogP contribution in [0.25, 0.3) is 0 Å². The fraction of sp³-hybridized carbons (Fsp3) is 0.500. The van der Waals surface area contributed by atoms with Crippen molar-refractivity contribution in [2.45, 2.75) is 38.9 Å². The van der Waals surface area contributed by atoms with Crippen molar-refractivity contribution in [2.75, 3.05) is 7.11 Å². The first kappa shape index (κ1) is 13.9. The van der Waals surface area contributed by atoms with Gasteiger partial charge < -0.3 is 14.0 Å². The van der Waals surface area contributed by atoms with Gasteiger partial charge in [0.15, 0.2) is 5.75 Å². The second-order valence-electron chi connectivity index (χ2n) is 5.54. The number of aromatic nitrogens is 1. The summed E-state index contributed by atoms with van der Waals surface area (Å²) in [6.07, 6.45) is 7.05. The molecule has 4 nitrogen and oxygen atoms in total. The summed E-state index contributed by atoms with van der Waals surface area (Å²) < 4.78 is 17.0. The number of hydrogen-bond acceptors (Lipinski definition) is 4. The zero-order valence-electron chi connectivity index (χ0n) is 12.0. The average molecular weight is 259 g/mol. The fourth-order valence-electron chi connectivity index (χ4n) is 1.83. The molecule has 0 N–H and O–H groups in total. The minimum atomic E-state index is -0.511. The SMILES string of the molecule is C#Cc1cc(B2OC(C)(C)C(C)(C)O2)ncc1OC. The van der Waals surface area contributed by atoms with Crippen LogP contribution in [0, 0.1) is 12.3 Å². The van der Waals surface area contributed by atoms with E-state index >= 15 is 0 Å². The fourth-order valence-corrected chi connectivity index (χ4v) is 1.83. The summed E-state index contributed by atoms with van der Waals surface area (Å²) in [5.74, 6) is 3.15. The van der Waals surface area contributed by atoms with E-state index in [2.05, 4.69) is 10.9 Å². The van der Waals surface area contributed by atoms with Crippen molar-refractivity contribution >= 4 is 12.7 Å². The molecule has 0 amide bonds. The normalized spacial score (nSPS) is 20.1. The first-order valence-electron chi connectivity index (χ1n) is 6.17. The molecule has 1 aliphatic rings. The van der Waals surface area contributed by atoms with Crippen molar-refractivity contribution in [3.63, 3.8) is 0 Å². The highest BCUT2D eigenvalue weighted by Crippen LogP contribution is 2.36. The molecule has 1 aliphatic heterocycles. The van der Waals surface area contributed by atoms with Gasteiger partial charge in [-0.15, -0.1) is 6.42 Å². The van der Waals surface area contributed by atoms with Crippen LogP contribution >= 0.6 is 0 Å². The van der Waals surface area contributed by atoms with Crippen molar-refractivity contribution in [3.05, 3.63) is 17.8 Å². The Hall–Kier alpha value is -1.51. The maximum absolute atomic E-state index is 5.93. The van der Waals surface area contributed by atoms with Crippen molar-refractivity contribution in [1.29, 1.82) is 0 Å². The zero-order chi connectivity index (χ0) is 14.3. The molecule has 0 spiro atoms. The lowest BCUT2D eigenvalue weighted by atomic mass is 9.83. The standard InChI is InChI=1S/C14H18BNO3/c1-7-10-8-12(16-9-11(10)17-6)15-18-13(2,3)14(4,5)19-15/h1,8-9H,2-6H3. The highest BCUT2D eigenvalue weighted by Gasteiger charge is 2.52. The van der Waals surface area contributed by atoms with Crippen molar-refractivity contribution in [2.24, 2.45) is 0 Å². The van der Waals surface area contributed by atoms with Gasteiger partial charge in [-0.25, -0.2) is 0 Å². The van der Waals surface area contributed by atoms with E-state index in [0.717, 1.165) is 0 Å². The van der Waals surface area contributed by atoms with Gasteiger partial charge in [-0.1, -0.05) is 5.92 Å². The Bertz CT molecular complexity index is 518. The zero-order valence-corrected chi connectivity index (χ0v) is 12.0. The molecule has 1 fully saturated rings. The number of pyridine rings is 1. The molecular formula is C14H18BNO3. The molecule has 5 heteroatoms. The van der Waals surface area contributed by atoms with E-state index in [-0.39, 0.29) is 0 Å². The van der Waals surface area contributed by atoms with Crippen LogP contribution in [0.3, 0.4) is 0 Å². The number of methoxy groups -OCH3 is 1. The van der Waals surface area contributed by atoms with Gasteiger partial charge in [-0.05, 0) is 33.8 Å². The summed E-state index contributed by atoms with van der Waals surface area (Å²) in [6, 6.07) is 1.76. The summed E-state index contributed by atoms with van der Waals surface area (Å²) in [6.45, 7) is 7.99. The van der Waals surface area contributed by atoms with Gasteiger partial charge in [0.25, 0.3) is 0 Å². The van der Waals surface area contributed by atoms with Crippen molar-refractivity contribution in [3.8, 4) is 18.1 Å². The largest absolute Gasteiger partial charge is 0.514 e. The first-order valence-corrected chi connectivity index (χ1v) is 6.17. The minimum absolute atomic E-state index is 0.393. The van der Waals surface area contributed by atoms with E-state index < -0.39 is 18.3 Å². The summed E-state index contributed by atoms with van der Waals surface area (Å²) in [5, 5.41) is 0. The molecule has 0 unspecified atom stereocenters. The molecule has 100 valence electrons. The molecule has 0 radical (unpaired) electrons.